The summed E-state index contributed by atoms with van der Waals surface area (Å²) in [5.41, 5.74) is 2.88. The lowest BCUT2D eigenvalue weighted by Gasteiger charge is -2.25. The van der Waals surface area contributed by atoms with Crippen LogP contribution in [0.5, 0.6) is 0 Å². The Morgan fingerprint density at radius 1 is 1.14 bits per heavy atom. The lowest BCUT2D eigenvalue weighted by Crippen LogP contribution is -2.20. The van der Waals surface area contributed by atoms with Crippen LogP contribution in [-0.2, 0) is 16.0 Å². The average Bonchev–Trinajstić information content (AvgIpc) is 2.54. The van der Waals surface area contributed by atoms with E-state index in [1.807, 2.05) is 0 Å². The molecule has 1 aliphatic heterocycles. The Kier molecular flexibility index (Phi) is 5.08. The number of benzene rings is 1. The van der Waals surface area contributed by atoms with Gasteiger partial charge in [-0.2, -0.15) is 0 Å². The van der Waals surface area contributed by atoms with Crippen LogP contribution in [0.4, 0.5) is 0 Å². The van der Waals surface area contributed by atoms with Crippen molar-refractivity contribution >= 4 is 5.78 Å². The summed E-state index contributed by atoms with van der Waals surface area (Å²) in [5.74, 6) is 0.876. The van der Waals surface area contributed by atoms with Crippen LogP contribution in [0.25, 0.3) is 0 Å². The summed E-state index contributed by atoms with van der Waals surface area (Å²) in [7, 11) is 0. The second-order valence-corrected chi connectivity index (χ2v) is 6.56. The third-order valence-electron chi connectivity index (χ3n) is 4.99. The molecule has 0 saturated carbocycles. The van der Waals surface area contributed by atoms with Gasteiger partial charge in [0.25, 0.3) is 0 Å². The monoisotopic (exact) mass is 286 g/mol. The van der Waals surface area contributed by atoms with Crippen molar-refractivity contribution in [3.8, 4) is 0 Å². The number of carbonyl (C=O) groups is 1. The fraction of sp³-hybridized carbons (Fsp3) is 0.632. The number of ketones is 1. The molecule has 2 unspecified atom stereocenters. The summed E-state index contributed by atoms with van der Waals surface area (Å²) in [4.78, 5) is 12.3. The van der Waals surface area contributed by atoms with E-state index in [0.717, 1.165) is 25.9 Å². The fourth-order valence-corrected chi connectivity index (χ4v) is 3.80. The number of rotatable bonds is 5. The first-order valence-electron chi connectivity index (χ1n) is 8.54. The zero-order chi connectivity index (χ0) is 14.5. The van der Waals surface area contributed by atoms with Gasteiger partial charge in [0.1, 0.15) is 5.78 Å². The predicted octanol–water partition coefficient (Wildman–Crippen LogP) is 4.42. The maximum atomic E-state index is 12.3. The minimum atomic E-state index is 0.335. The highest BCUT2D eigenvalue weighted by Crippen LogP contribution is 2.34. The molecule has 0 amide bonds. The highest BCUT2D eigenvalue weighted by molar-refractivity contribution is 5.79. The van der Waals surface area contributed by atoms with Gasteiger partial charge < -0.3 is 4.74 Å². The van der Waals surface area contributed by atoms with E-state index in [1.165, 1.54) is 43.2 Å². The van der Waals surface area contributed by atoms with Crippen LogP contribution < -0.4 is 0 Å². The molecule has 2 atom stereocenters. The summed E-state index contributed by atoms with van der Waals surface area (Å²) >= 11 is 0. The number of fused-ring (bicyclic) bond motifs is 1. The summed E-state index contributed by atoms with van der Waals surface area (Å²) in [6, 6.07) is 8.67. The molecule has 1 fully saturated rings. The largest absolute Gasteiger partial charge is 0.378 e. The SMILES string of the molecule is O=C(CCC1CCCCO1)CC1CCCc2ccccc21. The maximum Gasteiger partial charge on any atom is 0.133 e. The van der Waals surface area contributed by atoms with Gasteiger partial charge >= 0.3 is 0 Å². The number of aryl methyl sites for hydroxylation is 1. The normalized spacial score (nSPS) is 25.3. The zero-order valence-corrected chi connectivity index (χ0v) is 12.9. The first-order chi connectivity index (χ1) is 10.3. The summed E-state index contributed by atoms with van der Waals surface area (Å²) in [6.07, 6.45) is 9.83. The van der Waals surface area contributed by atoms with Crippen LogP contribution in [0, 0.1) is 0 Å². The third kappa shape index (κ3) is 3.94. The zero-order valence-electron chi connectivity index (χ0n) is 12.9. The highest BCUT2D eigenvalue weighted by atomic mass is 16.5. The van der Waals surface area contributed by atoms with Gasteiger partial charge in [-0.05, 0) is 62.0 Å². The van der Waals surface area contributed by atoms with Crippen molar-refractivity contribution in [2.45, 2.75) is 69.8 Å². The second kappa shape index (κ2) is 7.22. The van der Waals surface area contributed by atoms with E-state index in [0.29, 0.717) is 24.2 Å². The van der Waals surface area contributed by atoms with Crippen molar-refractivity contribution < 1.29 is 9.53 Å². The van der Waals surface area contributed by atoms with E-state index < -0.39 is 0 Å². The Morgan fingerprint density at radius 2 is 2.05 bits per heavy atom. The first-order valence-corrected chi connectivity index (χ1v) is 8.54. The van der Waals surface area contributed by atoms with Crippen molar-refractivity contribution in [2.24, 2.45) is 0 Å². The molecule has 2 nitrogen and oxygen atoms in total. The van der Waals surface area contributed by atoms with E-state index in [2.05, 4.69) is 24.3 Å². The molecule has 2 aliphatic rings. The van der Waals surface area contributed by atoms with E-state index in [9.17, 15) is 4.79 Å². The molecule has 114 valence electrons. The van der Waals surface area contributed by atoms with E-state index >= 15 is 0 Å². The molecule has 0 spiro atoms. The molecule has 1 aromatic rings. The van der Waals surface area contributed by atoms with Crippen LogP contribution in [0.15, 0.2) is 24.3 Å². The third-order valence-corrected chi connectivity index (χ3v) is 4.99. The minimum absolute atomic E-state index is 0.335. The van der Waals surface area contributed by atoms with Gasteiger partial charge in [0.05, 0.1) is 6.10 Å². The Bertz CT molecular complexity index is 474. The molecule has 0 bridgehead atoms. The average molecular weight is 286 g/mol. The van der Waals surface area contributed by atoms with Crippen LogP contribution >= 0.6 is 0 Å². The van der Waals surface area contributed by atoms with Gasteiger partial charge in [-0.1, -0.05) is 24.3 Å². The molecular weight excluding hydrogens is 260 g/mol. The minimum Gasteiger partial charge on any atom is -0.378 e. The lowest BCUT2D eigenvalue weighted by molar-refractivity contribution is -0.120. The molecule has 1 aliphatic carbocycles. The van der Waals surface area contributed by atoms with Gasteiger partial charge in [-0.3, -0.25) is 4.79 Å². The van der Waals surface area contributed by atoms with Crippen molar-refractivity contribution in [1.82, 2.24) is 0 Å². The summed E-state index contributed by atoms with van der Waals surface area (Å²) < 4.78 is 5.72. The summed E-state index contributed by atoms with van der Waals surface area (Å²) in [5, 5.41) is 0. The maximum absolute atomic E-state index is 12.3. The molecule has 0 radical (unpaired) electrons. The topological polar surface area (TPSA) is 26.3 Å². The number of carbonyl (C=O) groups excluding carboxylic acids is 1. The number of hydrogen-bond donors (Lipinski definition) is 0. The van der Waals surface area contributed by atoms with Gasteiger partial charge in [0, 0.05) is 19.4 Å². The first kappa shape index (κ1) is 14.8. The second-order valence-electron chi connectivity index (χ2n) is 6.56. The van der Waals surface area contributed by atoms with Gasteiger partial charge in [0.2, 0.25) is 0 Å². The van der Waals surface area contributed by atoms with Crippen molar-refractivity contribution in [3.63, 3.8) is 0 Å². The van der Waals surface area contributed by atoms with Gasteiger partial charge in [-0.25, -0.2) is 0 Å². The van der Waals surface area contributed by atoms with E-state index in [4.69, 9.17) is 4.74 Å². The van der Waals surface area contributed by atoms with E-state index in [-0.39, 0.29) is 0 Å². The predicted molar refractivity (Wildman–Crippen MR) is 84.6 cm³/mol. The van der Waals surface area contributed by atoms with Crippen molar-refractivity contribution in [1.29, 1.82) is 0 Å². The van der Waals surface area contributed by atoms with Gasteiger partial charge in [0.15, 0.2) is 0 Å². The van der Waals surface area contributed by atoms with E-state index in [1.54, 1.807) is 0 Å². The van der Waals surface area contributed by atoms with Crippen LogP contribution in [-0.4, -0.2) is 18.5 Å². The van der Waals surface area contributed by atoms with Crippen molar-refractivity contribution in [2.75, 3.05) is 6.61 Å². The number of ether oxygens (including phenoxy) is 1. The standard InChI is InChI=1S/C19H26O2/c20-17(11-12-18-9-3-4-13-21-18)14-16-8-5-7-15-6-1-2-10-19(15)16/h1-2,6,10,16,18H,3-5,7-9,11-14H2. The Morgan fingerprint density at radius 3 is 2.90 bits per heavy atom. The molecular formula is C19H26O2. The van der Waals surface area contributed by atoms with Crippen LogP contribution in [0.3, 0.4) is 0 Å². The quantitative estimate of drug-likeness (QED) is 0.801. The highest BCUT2D eigenvalue weighted by Gasteiger charge is 2.23. The lowest BCUT2D eigenvalue weighted by atomic mass is 9.80. The van der Waals surface area contributed by atoms with Crippen molar-refractivity contribution in [3.05, 3.63) is 35.4 Å². The molecule has 1 saturated heterocycles. The molecule has 1 aromatic carbocycles. The molecule has 2 heteroatoms. The molecule has 3 rings (SSSR count). The van der Waals surface area contributed by atoms with Crippen LogP contribution in [0.2, 0.25) is 0 Å². The smallest absolute Gasteiger partial charge is 0.133 e. The fourth-order valence-electron chi connectivity index (χ4n) is 3.80. The molecule has 21 heavy (non-hydrogen) atoms. The Hall–Kier alpha value is -1.15. The number of Topliss-reactive ketones (excluding diaryl/α,β-unsaturated/α-hetero) is 1. The van der Waals surface area contributed by atoms with Gasteiger partial charge in [-0.15, -0.1) is 0 Å². The Balaban J connectivity index is 1.51. The molecule has 0 N–H and O–H groups in total. The number of hydrogen-bond acceptors (Lipinski definition) is 2. The summed E-state index contributed by atoms with van der Waals surface area (Å²) in [6.45, 7) is 0.884. The Labute approximate surface area is 127 Å². The molecule has 0 aromatic heterocycles. The van der Waals surface area contributed by atoms with Crippen LogP contribution in [0.1, 0.15) is 68.4 Å². The molecule has 1 heterocycles.